The van der Waals surface area contributed by atoms with E-state index in [1.54, 1.807) is 6.08 Å². The molecule has 0 saturated carbocycles. The molecule has 1 atom stereocenters. The molecule has 1 aliphatic carbocycles. The largest absolute Gasteiger partial charge is 0.299 e. The van der Waals surface area contributed by atoms with E-state index in [0.29, 0.717) is 12.2 Å². The summed E-state index contributed by atoms with van der Waals surface area (Å²) in [5, 5.41) is 0. The van der Waals surface area contributed by atoms with Gasteiger partial charge in [-0.3, -0.25) is 4.79 Å². The minimum Gasteiger partial charge on any atom is -0.299 e. The van der Waals surface area contributed by atoms with Gasteiger partial charge in [0.1, 0.15) is 5.78 Å². The number of carbonyl (C=O) groups excluding carboxylic acids is 1. The third kappa shape index (κ3) is 2.33. The van der Waals surface area contributed by atoms with Gasteiger partial charge >= 0.3 is 0 Å². The molecular weight excluding hydrogens is 148 g/mol. The molecule has 0 radical (unpaired) electrons. The highest BCUT2D eigenvalue weighted by molar-refractivity contribution is 5.84. The van der Waals surface area contributed by atoms with Crippen LogP contribution in [-0.4, -0.2) is 5.78 Å². The Bertz CT molecular complexity index is 213. The highest BCUT2D eigenvalue weighted by atomic mass is 16.1. The van der Waals surface area contributed by atoms with E-state index in [9.17, 15) is 4.79 Å². The maximum Gasteiger partial charge on any atom is 0.143 e. The van der Waals surface area contributed by atoms with E-state index in [2.05, 4.69) is 12.7 Å². The van der Waals surface area contributed by atoms with Crippen molar-refractivity contribution in [1.82, 2.24) is 0 Å². The van der Waals surface area contributed by atoms with Crippen LogP contribution in [0.1, 0.15) is 32.6 Å². The summed E-state index contributed by atoms with van der Waals surface area (Å²) in [6.45, 7) is 5.52. The van der Waals surface area contributed by atoms with Gasteiger partial charge < -0.3 is 0 Å². The molecule has 1 unspecified atom stereocenters. The Morgan fingerprint density at radius 3 is 3.08 bits per heavy atom. The Labute approximate surface area is 74.2 Å². The SMILES string of the molecule is C=CC(C)C(=O)CC1=CCCC1. The fourth-order valence-electron chi connectivity index (χ4n) is 1.41. The molecule has 66 valence electrons. The fraction of sp³-hybridized carbons (Fsp3) is 0.545. The molecule has 0 aromatic rings. The Balaban J connectivity index is 2.40. The topological polar surface area (TPSA) is 17.1 Å². The first kappa shape index (κ1) is 9.24. The van der Waals surface area contributed by atoms with Crippen LogP contribution in [0.4, 0.5) is 0 Å². The number of Topliss-reactive ketones (excluding diaryl/α,β-unsaturated/α-hetero) is 1. The summed E-state index contributed by atoms with van der Waals surface area (Å²) in [7, 11) is 0. The van der Waals surface area contributed by atoms with Crippen molar-refractivity contribution in [2.45, 2.75) is 32.6 Å². The van der Waals surface area contributed by atoms with Crippen LogP contribution in [-0.2, 0) is 4.79 Å². The van der Waals surface area contributed by atoms with Gasteiger partial charge in [-0.05, 0) is 19.3 Å². The number of allylic oxidation sites excluding steroid dienone is 3. The Morgan fingerprint density at radius 2 is 2.58 bits per heavy atom. The zero-order chi connectivity index (χ0) is 8.97. The Morgan fingerprint density at radius 1 is 1.83 bits per heavy atom. The van der Waals surface area contributed by atoms with Crippen LogP contribution in [0, 0.1) is 5.92 Å². The molecule has 1 nitrogen and oxygen atoms in total. The second-order valence-electron chi connectivity index (χ2n) is 3.42. The minimum atomic E-state index is 0.0199. The third-order valence-corrected chi connectivity index (χ3v) is 2.40. The van der Waals surface area contributed by atoms with Crippen LogP contribution in [0.25, 0.3) is 0 Å². The van der Waals surface area contributed by atoms with Crippen molar-refractivity contribution >= 4 is 5.78 Å². The molecular formula is C11H16O. The van der Waals surface area contributed by atoms with Crippen LogP contribution in [0.5, 0.6) is 0 Å². The van der Waals surface area contributed by atoms with Crippen LogP contribution >= 0.6 is 0 Å². The highest BCUT2D eigenvalue weighted by Crippen LogP contribution is 2.22. The molecule has 0 saturated heterocycles. The second-order valence-corrected chi connectivity index (χ2v) is 3.42. The van der Waals surface area contributed by atoms with Crippen molar-refractivity contribution in [3.05, 3.63) is 24.3 Å². The predicted molar refractivity (Wildman–Crippen MR) is 50.9 cm³/mol. The summed E-state index contributed by atoms with van der Waals surface area (Å²) >= 11 is 0. The standard InChI is InChI=1S/C11H16O/c1-3-9(2)11(12)8-10-6-4-5-7-10/h3,6,9H,1,4-5,7-8H2,2H3. The monoisotopic (exact) mass is 164 g/mol. The van der Waals surface area contributed by atoms with Gasteiger partial charge in [0.15, 0.2) is 0 Å². The average Bonchev–Trinajstić information content (AvgIpc) is 2.55. The normalized spacial score (nSPS) is 18.6. The van der Waals surface area contributed by atoms with E-state index < -0.39 is 0 Å². The minimum absolute atomic E-state index is 0.0199. The first-order valence-electron chi connectivity index (χ1n) is 4.57. The quantitative estimate of drug-likeness (QED) is 0.584. The second kappa shape index (κ2) is 4.24. The molecule has 1 rings (SSSR count). The molecule has 0 fully saturated rings. The van der Waals surface area contributed by atoms with E-state index in [-0.39, 0.29) is 5.92 Å². The predicted octanol–water partition coefficient (Wildman–Crippen LogP) is 2.88. The van der Waals surface area contributed by atoms with Gasteiger partial charge in [0.25, 0.3) is 0 Å². The fourth-order valence-corrected chi connectivity index (χ4v) is 1.41. The molecule has 12 heavy (non-hydrogen) atoms. The lowest BCUT2D eigenvalue weighted by atomic mass is 9.99. The number of rotatable bonds is 4. The third-order valence-electron chi connectivity index (χ3n) is 2.40. The van der Waals surface area contributed by atoms with Gasteiger partial charge in [-0.15, -0.1) is 6.58 Å². The van der Waals surface area contributed by atoms with E-state index in [1.807, 2.05) is 6.92 Å². The van der Waals surface area contributed by atoms with Crippen molar-refractivity contribution in [3.63, 3.8) is 0 Å². The summed E-state index contributed by atoms with van der Waals surface area (Å²) in [6.07, 6.45) is 8.07. The number of hydrogen-bond donors (Lipinski definition) is 0. The molecule has 0 heterocycles. The van der Waals surface area contributed by atoms with E-state index >= 15 is 0 Å². The van der Waals surface area contributed by atoms with Crippen molar-refractivity contribution in [2.75, 3.05) is 0 Å². The molecule has 0 amide bonds. The summed E-state index contributed by atoms with van der Waals surface area (Å²) < 4.78 is 0. The zero-order valence-corrected chi connectivity index (χ0v) is 7.68. The number of hydrogen-bond acceptors (Lipinski definition) is 1. The van der Waals surface area contributed by atoms with Crippen LogP contribution in [0.15, 0.2) is 24.3 Å². The van der Waals surface area contributed by atoms with Gasteiger partial charge in [0.2, 0.25) is 0 Å². The summed E-state index contributed by atoms with van der Waals surface area (Å²) in [5.74, 6) is 0.324. The Hall–Kier alpha value is -0.850. The maximum absolute atomic E-state index is 11.4. The van der Waals surface area contributed by atoms with Crippen molar-refractivity contribution in [2.24, 2.45) is 5.92 Å². The smallest absolute Gasteiger partial charge is 0.143 e. The zero-order valence-electron chi connectivity index (χ0n) is 7.68. The number of carbonyl (C=O) groups is 1. The van der Waals surface area contributed by atoms with Crippen LogP contribution < -0.4 is 0 Å². The lowest BCUT2D eigenvalue weighted by molar-refractivity contribution is -0.120. The molecule has 0 spiro atoms. The summed E-state index contributed by atoms with van der Waals surface area (Å²) in [5.41, 5.74) is 1.33. The van der Waals surface area contributed by atoms with Gasteiger partial charge in [0, 0.05) is 12.3 Å². The van der Waals surface area contributed by atoms with Gasteiger partial charge in [-0.25, -0.2) is 0 Å². The molecule has 1 aliphatic rings. The summed E-state index contributed by atoms with van der Waals surface area (Å²) in [4.78, 5) is 11.4. The van der Waals surface area contributed by atoms with Gasteiger partial charge in [0.05, 0.1) is 0 Å². The van der Waals surface area contributed by atoms with Gasteiger partial charge in [-0.2, -0.15) is 0 Å². The summed E-state index contributed by atoms with van der Waals surface area (Å²) in [6, 6.07) is 0. The molecule has 0 N–H and O–H groups in total. The van der Waals surface area contributed by atoms with E-state index in [0.717, 1.165) is 12.8 Å². The molecule has 0 aliphatic heterocycles. The first-order chi connectivity index (χ1) is 5.74. The average molecular weight is 164 g/mol. The Kier molecular flexibility index (Phi) is 3.27. The lowest BCUT2D eigenvalue weighted by Crippen LogP contribution is -2.08. The molecule has 0 aromatic heterocycles. The van der Waals surface area contributed by atoms with Crippen molar-refractivity contribution in [1.29, 1.82) is 0 Å². The van der Waals surface area contributed by atoms with E-state index in [4.69, 9.17) is 0 Å². The van der Waals surface area contributed by atoms with Crippen molar-refractivity contribution in [3.8, 4) is 0 Å². The molecule has 0 aromatic carbocycles. The highest BCUT2D eigenvalue weighted by Gasteiger charge is 2.13. The molecule has 1 heteroatoms. The lowest BCUT2D eigenvalue weighted by Gasteiger charge is -2.04. The van der Waals surface area contributed by atoms with Crippen LogP contribution in [0.3, 0.4) is 0 Å². The van der Waals surface area contributed by atoms with Gasteiger partial charge in [-0.1, -0.05) is 24.6 Å². The first-order valence-corrected chi connectivity index (χ1v) is 4.57. The van der Waals surface area contributed by atoms with E-state index in [1.165, 1.54) is 12.0 Å². The maximum atomic E-state index is 11.4. The van der Waals surface area contributed by atoms with Crippen LogP contribution in [0.2, 0.25) is 0 Å². The van der Waals surface area contributed by atoms with Crippen molar-refractivity contribution < 1.29 is 4.79 Å². The molecule has 0 bridgehead atoms. The number of ketones is 1.